The van der Waals surface area contributed by atoms with Crippen LogP contribution in [0.15, 0.2) is 22.8 Å². The normalized spacial score (nSPS) is 29.6. The summed E-state index contributed by atoms with van der Waals surface area (Å²) in [7, 11) is 0. The molecule has 0 radical (unpaired) electrons. The Balaban J connectivity index is 1.79. The van der Waals surface area contributed by atoms with E-state index in [1.54, 1.807) is 18.1 Å². The second-order valence-corrected chi connectivity index (χ2v) is 9.92. The largest absolute Gasteiger partial charge is 0.481 e. The Labute approximate surface area is 171 Å². The first kappa shape index (κ1) is 23.2. The number of carboxylic acids is 1. The molecule has 1 heterocycles. The summed E-state index contributed by atoms with van der Waals surface area (Å²) in [6.45, 7) is 13.1. The van der Waals surface area contributed by atoms with E-state index in [4.69, 9.17) is 14.9 Å². The molecule has 0 aromatic rings. The van der Waals surface area contributed by atoms with Gasteiger partial charge in [0.05, 0.1) is 5.92 Å². The number of hydrogen-bond donors (Lipinski definition) is 1. The van der Waals surface area contributed by atoms with E-state index in [1.165, 1.54) is 31.3 Å². The third-order valence-corrected chi connectivity index (χ3v) is 6.90. The van der Waals surface area contributed by atoms with Gasteiger partial charge in [-0.1, -0.05) is 36.6 Å². The lowest BCUT2D eigenvalue weighted by molar-refractivity contribution is -0.411. The SMILES string of the molecule is CC1=C(CC/C(C)=C\CCC2(C)CCC(C(C)C(=O)O)OO2)C(C)(C)CCC1. The zero-order chi connectivity index (χ0) is 20.9. The fraction of sp³-hybridized carbons (Fsp3) is 0.792. The molecule has 1 aliphatic heterocycles. The summed E-state index contributed by atoms with van der Waals surface area (Å²) < 4.78 is 0. The highest BCUT2D eigenvalue weighted by Crippen LogP contribution is 2.42. The van der Waals surface area contributed by atoms with Gasteiger partial charge in [-0.05, 0) is 90.9 Å². The van der Waals surface area contributed by atoms with Crippen LogP contribution >= 0.6 is 0 Å². The molecule has 2 rings (SSSR count). The Morgan fingerprint density at radius 2 is 2.04 bits per heavy atom. The van der Waals surface area contributed by atoms with Crippen LogP contribution in [0.3, 0.4) is 0 Å². The van der Waals surface area contributed by atoms with Crippen molar-refractivity contribution >= 4 is 5.97 Å². The van der Waals surface area contributed by atoms with Crippen molar-refractivity contribution in [3.05, 3.63) is 22.8 Å². The molecule has 3 unspecified atom stereocenters. The summed E-state index contributed by atoms with van der Waals surface area (Å²) in [5, 5.41) is 9.11. The molecule has 0 aromatic heterocycles. The summed E-state index contributed by atoms with van der Waals surface area (Å²) in [5.41, 5.74) is 4.75. The first-order chi connectivity index (χ1) is 13.0. The van der Waals surface area contributed by atoms with Crippen molar-refractivity contribution < 1.29 is 19.7 Å². The van der Waals surface area contributed by atoms with E-state index in [1.807, 2.05) is 0 Å². The van der Waals surface area contributed by atoms with Crippen LogP contribution in [0.25, 0.3) is 0 Å². The van der Waals surface area contributed by atoms with E-state index in [9.17, 15) is 4.79 Å². The number of rotatable bonds is 8. The minimum atomic E-state index is -0.831. The quantitative estimate of drug-likeness (QED) is 0.373. The van der Waals surface area contributed by atoms with Crippen molar-refractivity contribution in [2.24, 2.45) is 11.3 Å². The Bertz CT molecular complexity index is 606. The number of allylic oxidation sites excluding steroid dienone is 4. The minimum absolute atomic E-state index is 0.323. The molecule has 0 bridgehead atoms. The summed E-state index contributed by atoms with van der Waals surface area (Å²) in [4.78, 5) is 22.2. The van der Waals surface area contributed by atoms with Gasteiger partial charge in [0, 0.05) is 0 Å². The summed E-state index contributed by atoms with van der Waals surface area (Å²) in [6, 6.07) is 0. The van der Waals surface area contributed by atoms with Crippen molar-refractivity contribution in [2.45, 2.75) is 111 Å². The third-order valence-electron chi connectivity index (χ3n) is 6.90. The van der Waals surface area contributed by atoms with Crippen molar-refractivity contribution in [1.29, 1.82) is 0 Å². The summed E-state index contributed by atoms with van der Waals surface area (Å²) >= 11 is 0. The molecule has 0 spiro atoms. The van der Waals surface area contributed by atoms with E-state index in [0.29, 0.717) is 5.41 Å². The van der Waals surface area contributed by atoms with Gasteiger partial charge < -0.3 is 5.11 Å². The van der Waals surface area contributed by atoms with Crippen LogP contribution in [0.5, 0.6) is 0 Å². The van der Waals surface area contributed by atoms with Crippen LogP contribution in [0.2, 0.25) is 0 Å². The second kappa shape index (κ2) is 9.58. The van der Waals surface area contributed by atoms with E-state index >= 15 is 0 Å². The molecule has 1 N–H and O–H groups in total. The number of carbonyl (C=O) groups is 1. The minimum Gasteiger partial charge on any atom is -0.481 e. The molecule has 0 amide bonds. The predicted octanol–water partition coefficient (Wildman–Crippen LogP) is 6.61. The van der Waals surface area contributed by atoms with Crippen molar-refractivity contribution in [1.82, 2.24) is 0 Å². The van der Waals surface area contributed by atoms with Crippen molar-refractivity contribution in [2.75, 3.05) is 0 Å². The first-order valence-corrected chi connectivity index (χ1v) is 11.0. The zero-order valence-electron chi connectivity index (χ0n) is 18.8. The predicted molar refractivity (Wildman–Crippen MR) is 113 cm³/mol. The standard InChI is InChI=1S/C24H40O4/c1-17(11-12-20-18(2)10-8-14-23(20,4)5)9-7-15-24(6)16-13-21(27-28-24)19(3)22(25)26/h9,19,21H,7-8,10-16H2,1-6H3,(H,25,26)/b17-9-. The highest BCUT2D eigenvalue weighted by atomic mass is 17.2. The maximum Gasteiger partial charge on any atom is 0.308 e. The van der Waals surface area contributed by atoms with Crippen LogP contribution in [0.4, 0.5) is 0 Å². The molecule has 1 aliphatic carbocycles. The van der Waals surface area contributed by atoms with Crippen molar-refractivity contribution in [3.63, 3.8) is 0 Å². The second-order valence-electron chi connectivity index (χ2n) is 9.92. The molecular formula is C24H40O4. The Morgan fingerprint density at radius 3 is 2.61 bits per heavy atom. The average Bonchev–Trinajstić information content (AvgIpc) is 2.60. The Morgan fingerprint density at radius 1 is 1.32 bits per heavy atom. The number of carboxylic acid groups (broad SMARTS) is 1. The van der Waals surface area contributed by atoms with E-state index < -0.39 is 11.9 Å². The highest BCUT2D eigenvalue weighted by molar-refractivity contribution is 5.70. The maximum atomic E-state index is 11.1. The van der Waals surface area contributed by atoms with Gasteiger partial charge in [0.2, 0.25) is 0 Å². The van der Waals surface area contributed by atoms with E-state index in [-0.39, 0.29) is 11.7 Å². The number of hydrogen-bond acceptors (Lipinski definition) is 3. The summed E-state index contributed by atoms with van der Waals surface area (Å²) in [6.07, 6.45) is 11.6. The molecule has 4 nitrogen and oxygen atoms in total. The van der Waals surface area contributed by atoms with E-state index in [2.05, 4.69) is 40.7 Å². The van der Waals surface area contributed by atoms with Gasteiger partial charge in [-0.2, -0.15) is 0 Å². The fourth-order valence-electron chi connectivity index (χ4n) is 4.65. The molecule has 160 valence electrons. The van der Waals surface area contributed by atoms with Crippen LogP contribution in [-0.4, -0.2) is 22.8 Å². The molecule has 28 heavy (non-hydrogen) atoms. The van der Waals surface area contributed by atoms with Crippen molar-refractivity contribution in [3.8, 4) is 0 Å². The van der Waals surface area contributed by atoms with Gasteiger partial charge in [0.15, 0.2) is 0 Å². The van der Waals surface area contributed by atoms with Crippen LogP contribution < -0.4 is 0 Å². The van der Waals surface area contributed by atoms with Gasteiger partial charge >= 0.3 is 5.97 Å². The zero-order valence-corrected chi connectivity index (χ0v) is 18.8. The molecule has 1 saturated heterocycles. The molecule has 3 atom stereocenters. The van der Waals surface area contributed by atoms with Gasteiger partial charge in [-0.15, -0.1) is 0 Å². The lowest BCUT2D eigenvalue weighted by Gasteiger charge is -2.37. The molecule has 0 saturated carbocycles. The Kier molecular flexibility index (Phi) is 7.92. The first-order valence-electron chi connectivity index (χ1n) is 11.0. The van der Waals surface area contributed by atoms with E-state index in [0.717, 1.165) is 32.1 Å². The van der Waals surface area contributed by atoms with Gasteiger partial charge in [-0.25, -0.2) is 9.78 Å². The topological polar surface area (TPSA) is 55.8 Å². The molecule has 0 aromatic carbocycles. The van der Waals surface area contributed by atoms with Gasteiger partial charge in [0.25, 0.3) is 0 Å². The smallest absolute Gasteiger partial charge is 0.308 e. The lowest BCUT2D eigenvalue weighted by Crippen LogP contribution is -2.41. The lowest BCUT2D eigenvalue weighted by atomic mass is 9.71. The highest BCUT2D eigenvalue weighted by Gasteiger charge is 2.37. The fourth-order valence-corrected chi connectivity index (χ4v) is 4.65. The Hall–Kier alpha value is -1.13. The third kappa shape index (κ3) is 6.18. The van der Waals surface area contributed by atoms with Crippen LogP contribution in [0, 0.1) is 11.3 Å². The average molecular weight is 393 g/mol. The summed E-state index contributed by atoms with van der Waals surface area (Å²) in [5.74, 6) is -1.37. The maximum absolute atomic E-state index is 11.1. The number of aliphatic carboxylic acids is 1. The molecule has 2 aliphatic rings. The molecule has 1 fully saturated rings. The van der Waals surface area contributed by atoms with Crippen LogP contribution in [0.1, 0.15) is 99.3 Å². The molecule has 4 heteroatoms. The van der Waals surface area contributed by atoms with Crippen LogP contribution in [-0.2, 0) is 14.6 Å². The van der Waals surface area contributed by atoms with Gasteiger partial charge in [0.1, 0.15) is 11.7 Å². The van der Waals surface area contributed by atoms with Gasteiger partial charge in [-0.3, -0.25) is 4.79 Å². The monoisotopic (exact) mass is 392 g/mol. The molecular weight excluding hydrogens is 352 g/mol.